The zero-order valence-electron chi connectivity index (χ0n) is 12.3. The van der Waals surface area contributed by atoms with Crippen molar-refractivity contribution in [3.05, 3.63) is 29.8 Å². The molecule has 0 radical (unpaired) electrons. The van der Waals surface area contributed by atoms with E-state index in [2.05, 4.69) is 28.4 Å². The van der Waals surface area contributed by atoms with Gasteiger partial charge in [0, 0.05) is 31.2 Å². The Morgan fingerprint density at radius 2 is 1.86 bits per heavy atom. The highest BCUT2D eigenvalue weighted by Gasteiger charge is 2.56. The second-order valence-corrected chi connectivity index (χ2v) is 6.43. The van der Waals surface area contributed by atoms with Crippen molar-refractivity contribution < 1.29 is 4.79 Å². The molecule has 3 nitrogen and oxygen atoms in total. The molecule has 1 aromatic carbocycles. The van der Waals surface area contributed by atoms with Crippen molar-refractivity contribution in [3.63, 3.8) is 0 Å². The van der Waals surface area contributed by atoms with Crippen LogP contribution in [0.3, 0.4) is 0 Å². The number of carbonyl (C=O) groups excluding carboxylic acids is 1. The van der Waals surface area contributed by atoms with Gasteiger partial charge in [-0.25, -0.2) is 0 Å². The number of nitrogens with one attached hydrogen (secondary N) is 1. The van der Waals surface area contributed by atoms with Crippen LogP contribution < -0.4 is 10.2 Å². The van der Waals surface area contributed by atoms with E-state index >= 15 is 0 Å². The van der Waals surface area contributed by atoms with Crippen LogP contribution in [0.2, 0.25) is 0 Å². The van der Waals surface area contributed by atoms with Crippen molar-refractivity contribution in [1.82, 2.24) is 5.32 Å². The van der Waals surface area contributed by atoms with Gasteiger partial charge in [-0.2, -0.15) is 0 Å². The van der Waals surface area contributed by atoms with Gasteiger partial charge in [-0.3, -0.25) is 4.79 Å². The van der Waals surface area contributed by atoms with Gasteiger partial charge in [0.1, 0.15) is 0 Å². The van der Waals surface area contributed by atoms with Crippen molar-refractivity contribution in [2.75, 3.05) is 18.0 Å². The summed E-state index contributed by atoms with van der Waals surface area (Å²) in [6.45, 7) is 2.58. The van der Waals surface area contributed by atoms with E-state index in [4.69, 9.17) is 0 Å². The molecule has 2 fully saturated rings. The first-order valence-corrected chi connectivity index (χ1v) is 7.96. The molecule has 3 aliphatic rings. The van der Waals surface area contributed by atoms with E-state index in [-0.39, 0.29) is 12.4 Å². The lowest BCUT2D eigenvalue weighted by Gasteiger charge is -2.23. The van der Waals surface area contributed by atoms with E-state index in [1.165, 1.54) is 31.2 Å². The zero-order chi connectivity index (χ0) is 13.5. The summed E-state index contributed by atoms with van der Waals surface area (Å²) in [4.78, 5) is 15.0. The van der Waals surface area contributed by atoms with E-state index in [9.17, 15) is 4.79 Å². The first-order valence-electron chi connectivity index (χ1n) is 7.96. The third-order valence-corrected chi connectivity index (χ3v) is 5.32. The van der Waals surface area contributed by atoms with Gasteiger partial charge < -0.3 is 10.2 Å². The Kier molecular flexibility index (Phi) is 4.23. The average molecular weight is 307 g/mol. The van der Waals surface area contributed by atoms with Crippen molar-refractivity contribution in [2.45, 2.75) is 32.2 Å². The molecule has 2 unspecified atom stereocenters. The van der Waals surface area contributed by atoms with Gasteiger partial charge in [0.25, 0.3) is 0 Å². The van der Waals surface area contributed by atoms with Crippen LogP contribution in [0.15, 0.2) is 24.3 Å². The Labute approximate surface area is 132 Å². The molecule has 1 amide bonds. The summed E-state index contributed by atoms with van der Waals surface area (Å²) in [5.41, 5.74) is 2.38. The summed E-state index contributed by atoms with van der Waals surface area (Å²) in [7, 11) is 0. The monoisotopic (exact) mass is 306 g/mol. The Bertz CT molecular complexity index is 521. The maximum atomic E-state index is 12.9. The average Bonchev–Trinajstić information content (AvgIpc) is 3.25. The molecule has 1 aromatic rings. The fourth-order valence-corrected chi connectivity index (χ4v) is 4.23. The lowest BCUT2D eigenvalue weighted by molar-refractivity contribution is -0.120. The molecule has 2 aliphatic carbocycles. The van der Waals surface area contributed by atoms with Crippen molar-refractivity contribution in [2.24, 2.45) is 17.8 Å². The Balaban J connectivity index is 0.00000132. The summed E-state index contributed by atoms with van der Waals surface area (Å²) < 4.78 is 0. The van der Waals surface area contributed by atoms with Crippen molar-refractivity contribution >= 4 is 24.0 Å². The Morgan fingerprint density at radius 1 is 1.14 bits per heavy atom. The highest BCUT2D eigenvalue weighted by Crippen LogP contribution is 2.56. The number of amides is 1. The first kappa shape index (κ1) is 14.9. The fraction of sp³-hybridized carbons (Fsp3) is 0.588. The van der Waals surface area contributed by atoms with Crippen LogP contribution in [0, 0.1) is 17.8 Å². The quantitative estimate of drug-likeness (QED) is 0.865. The molecule has 1 N–H and O–H groups in total. The number of carbonyl (C=O) groups is 1. The van der Waals surface area contributed by atoms with Gasteiger partial charge in [0.15, 0.2) is 0 Å². The maximum Gasteiger partial charge on any atom is 0.230 e. The topological polar surface area (TPSA) is 32.3 Å². The highest BCUT2D eigenvalue weighted by atomic mass is 35.5. The molecule has 1 heterocycles. The molecule has 0 aromatic heterocycles. The molecule has 1 aliphatic heterocycles. The van der Waals surface area contributed by atoms with E-state index < -0.39 is 0 Å². The van der Waals surface area contributed by atoms with Gasteiger partial charge >= 0.3 is 0 Å². The summed E-state index contributed by atoms with van der Waals surface area (Å²) >= 11 is 0. The molecular weight excluding hydrogens is 284 g/mol. The van der Waals surface area contributed by atoms with Gasteiger partial charge in [-0.15, -0.1) is 12.4 Å². The number of nitrogens with zero attached hydrogens (tertiary/aromatic N) is 1. The lowest BCUT2D eigenvalue weighted by Crippen LogP contribution is -2.36. The number of hydrogen-bond donors (Lipinski definition) is 1. The van der Waals surface area contributed by atoms with Crippen LogP contribution in [0.1, 0.15) is 31.2 Å². The predicted molar refractivity (Wildman–Crippen MR) is 86.7 cm³/mol. The minimum atomic E-state index is 0. The molecule has 2 atom stereocenters. The molecule has 2 saturated carbocycles. The fourth-order valence-electron chi connectivity index (χ4n) is 4.23. The number of anilines is 1. The standard InChI is InChI=1S/C17H22N2O.ClH/c20-17(16-13-6-2-3-7-14(13)16)19-10-9-18-11-12-5-1-4-8-15(12)19;/h1,4-5,8,13-14,16,18H,2-3,6-7,9-11H2;1H. The maximum absolute atomic E-state index is 12.9. The number of halogens is 1. The Morgan fingerprint density at radius 3 is 2.62 bits per heavy atom. The molecule has 0 spiro atoms. The van der Waals surface area contributed by atoms with Crippen LogP contribution in [0.25, 0.3) is 0 Å². The summed E-state index contributed by atoms with van der Waals surface area (Å²) in [5, 5.41) is 3.42. The minimum Gasteiger partial charge on any atom is -0.311 e. The molecule has 0 bridgehead atoms. The van der Waals surface area contributed by atoms with Crippen LogP contribution in [0.4, 0.5) is 5.69 Å². The van der Waals surface area contributed by atoms with Gasteiger partial charge in [-0.05, 0) is 36.3 Å². The van der Waals surface area contributed by atoms with Gasteiger partial charge in [0.05, 0.1) is 0 Å². The number of benzene rings is 1. The molecule has 4 heteroatoms. The largest absolute Gasteiger partial charge is 0.311 e. The molecule has 21 heavy (non-hydrogen) atoms. The number of rotatable bonds is 1. The van der Waals surface area contributed by atoms with Gasteiger partial charge in [-0.1, -0.05) is 31.0 Å². The van der Waals surface area contributed by atoms with Crippen LogP contribution in [-0.2, 0) is 11.3 Å². The summed E-state index contributed by atoms with van der Waals surface area (Å²) in [6, 6.07) is 8.34. The van der Waals surface area contributed by atoms with Crippen molar-refractivity contribution in [3.8, 4) is 0 Å². The molecule has 4 rings (SSSR count). The third-order valence-electron chi connectivity index (χ3n) is 5.32. The van der Waals surface area contributed by atoms with E-state index in [1.807, 2.05) is 6.07 Å². The van der Waals surface area contributed by atoms with E-state index in [1.54, 1.807) is 0 Å². The minimum absolute atomic E-state index is 0. The molecular formula is C17H23ClN2O. The second-order valence-electron chi connectivity index (χ2n) is 6.43. The number of hydrogen-bond acceptors (Lipinski definition) is 2. The van der Waals surface area contributed by atoms with E-state index in [0.717, 1.165) is 25.3 Å². The zero-order valence-corrected chi connectivity index (χ0v) is 13.1. The summed E-state index contributed by atoms with van der Waals surface area (Å²) in [6.07, 6.45) is 5.19. The Hall–Kier alpha value is -1.06. The number of fused-ring (bicyclic) bond motifs is 2. The SMILES string of the molecule is Cl.O=C(C1C2CCCCC21)N1CCNCc2ccccc21. The normalized spacial score (nSPS) is 30.5. The number of para-hydroxylation sites is 1. The van der Waals surface area contributed by atoms with Crippen LogP contribution >= 0.6 is 12.4 Å². The smallest absolute Gasteiger partial charge is 0.230 e. The molecule has 114 valence electrons. The predicted octanol–water partition coefficient (Wildman–Crippen LogP) is 2.98. The highest BCUT2D eigenvalue weighted by molar-refractivity contribution is 5.98. The van der Waals surface area contributed by atoms with E-state index in [0.29, 0.717) is 23.7 Å². The van der Waals surface area contributed by atoms with Crippen molar-refractivity contribution in [1.29, 1.82) is 0 Å². The lowest BCUT2D eigenvalue weighted by atomic mass is 10.0. The third kappa shape index (κ3) is 2.58. The second kappa shape index (κ2) is 5.98. The van der Waals surface area contributed by atoms with Gasteiger partial charge in [0.2, 0.25) is 5.91 Å². The first-order chi connectivity index (χ1) is 9.86. The molecule has 0 saturated heterocycles. The van der Waals surface area contributed by atoms with Crippen LogP contribution in [0.5, 0.6) is 0 Å². The summed E-state index contributed by atoms with van der Waals surface area (Å²) in [5.74, 6) is 2.10. The van der Waals surface area contributed by atoms with Crippen LogP contribution in [-0.4, -0.2) is 19.0 Å².